The molecule has 0 saturated carbocycles. The smallest absolute Gasteiger partial charge is 0.0767 e. The molecule has 0 amide bonds. The van der Waals surface area contributed by atoms with Gasteiger partial charge in [0.25, 0.3) is 0 Å². The molecule has 3 rings (SSSR count). The van der Waals surface area contributed by atoms with Gasteiger partial charge in [-0.1, -0.05) is 58.6 Å². The second kappa shape index (κ2) is 6.19. The van der Waals surface area contributed by atoms with Crippen LogP contribution in [0.4, 0.5) is 0 Å². The molecular formula is C21H28IrNSi-. The van der Waals surface area contributed by atoms with Gasteiger partial charge in [0.05, 0.1) is 8.07 Å². The monoisotopic (exact) mass is 515 g/mol. The number of benzene rings is 1. The molecule has 0 aliphatic heterocycles. The first-order valence-electron chi connectivity index (χ1n) is 8.55. The maximum absolute atomic E-state index is 4.70. The number of aromatic nitrogens is 1. The summed E-state index contributed by atoms with van der Waals surface area (Å²) in [6, 6.07) is 12.3. The van der Waals surface area contributed by atoms with Crippen LogP contribution in [0.15, 0.2) is 30.5 Å². The molecule has 0 spiro atoms. The predicted octanol–water partition coefficient (Wildman–Crippen LogP) is 5.05. The topological polar surface area (TPSA) is 12.9 Å². The van der Waals surface area contributed by atoms with Crippen LogP contribution in [-0.4, -0.2) is 13.1 Å². The molecule has 1 aliphatic carbocycles. The summed E-state index contributed by atoms with van der Waals surface area (Å²) in [5.41, 5.74) is 5.61. The third kappa shape index (κ3) is 3.31. The van der Waals surface area contributed by atoms with Gasteiger partial charge in [-0.15, -0.1) is 34.9 Å². The van der Waals surface area contributed by atoms with E-state index in [-0.39, 0.29) is 30.9 Å². The molecule has 24 heavy (non-hydrogen) atoms. The summed E-state index contributed by atoms with van der Waals surface area (Å²) in [7, 11) is -1.34. The van der Waals surface area contributed by atoms with Crippen molar-refractivity contribution in [3.05, 3.63) is 47.7 Å². The van der Waals surface area contributed by atoms with E-state index in [1.807, 2.05) is 6.20 Å². The quantitative estimate of drug-likeness (QED) is 0.404. The standard InChI is InChI=1S/C21H28NSi.Ir/c1-20(2)14-21(3,4)19-16(9-8-10-17(19)20)18-13-15(11-12-22-18)23(5,6)7;/h8,10-13H,14H2,1-7H3;/q-1;. The number of hydrogen-bond acceptors (Lipinski definition) is 1. The van der Waals surface area contributed by atoms with Gasteiger partial charge in [-0.05, 0) is 29.0 Å². The number of hydrogen-bond donors (Lipinski definition) is 0. The Morgan fingerprint density at radius 3 is 2.33 bits per heavy atom. The molecule has 3 heteroatoms. The Morgan fingerprint density at radius 2 is 1.71 bits per heavy atom. The normalized spacial score (nSPS) is 18.0. The van der Waals surface area contributed by atoms with Gasteiger partial charge in [-0.2, -0.15) is 0 Å². The Labute approximate surface area is 161 Å². The van der Waals surface area contributed by atoms with Gasteiger partial charge in [-0.3, -0.25) is 0 Å². The number of rotatable bonds is 2. The van der Waals surface area contributed by atoms with Crippen LogP contribution in [0.2, 0.25) is 19.6 Å². The molecule has 1 heterocycles. The van der Waals surface area contributed by atoms with Crippen molar-refractivity contribution in [3.8, 4) is 11.3 Å². The minimum atomic E-state index is -1.34. The van der Waals surface area contributed by atoms with Crippen molar-refractivity contribution in [1.29, 1.82) is 0 Å². The molecule has 2 aromatic rings. The van der Waals surface area contributed by atoms with Gasteiger partial charge in [0, 0.05) is 26.3 Å². The van der Waals surface area contributed by atoms with Crippen molar-refractivity contribution in [2.24, 2.45) is 0 Å². The van der Waals surface area contributed by atoms with E-state index < -0.39 is 8.07 Å². The summed E-state index contributed by atoms with van der Waals surface area (Å²) >= 11 is 0. The minimum absolute atomic E-state index is 0. The number of nitrogens with zero attached hydrogens (tertiary/aromatic N) is 1. The summed E-state index contributed by atoms with van der Waals surface area (Å²) in [6.07, 6.45) is 3.15. The fraction of sp³-hybridized carbons (Fsp3) is 0.476. The zero-order valence-electron chi connectivity index (χ0n) is 15.9. The van der Waals surface area contributed by atoms with Gasteiger partial charge in [0.15, 0.2) is 0 Å². The summed E-state index contributed by atoms with van der Waals surface area (Å²) in [5, 5.41) is 1.46. The molecule has 1 aromatic heterocycles. The summed E-state index contributed by atoms with van der Waals surface area (Å²) in [5.74, 6) is 0. The Kier molecular flexibility index (Phi) is 5.05. The third-order valence-electron chi connectivity index (χ3n) is 5.17. The van der Waals surface area contributed by atoms with Crippen LogP contribution in [0, 0.1) is 6.07 Å². The van der Waals surface area contributed by atoms with E-state index in [9.17, 15) is 0 Å². The van der Waals surface area contributed by atoms with Crippen molar-refractivity contribution in [3.63, 3.8) is 0 Å². The van der Waals surface area contributed by atoms with Crippen molar-refractivity contribution in [2.75, 3.05) is 0 Å². The SMILES string of the molecule is CC1(C)CC(C)(C)c2c(-c3cc([Si](C)(C)C)ccn3)[c-]ccc21.[Ir]. The van der Waals surface area contributed by atoms with Crippen LogP contribution in [0.1, 0.15) is 45.2 Å². The van der Waals surface area contributed by atoms with Crippen molar-refractivity contribution >= 4 is 13.3 Å². The van der Waals surface area contributed by atoms with Gasteiger partial charge >= 0.3 is 0 Å². The Bertz CT molecular complexity index is 757. The van der Waals surface area contributed by atoms with Crippen LogP contribution in [0.5, 0.6) is 0 Å². The van der Waals surface area contributed by atoms with Crippen LogP contribution < -0.4 is 5.19 Å². The Hall–Kier alpha value is -0.764. The Balaban J connectivity index is 0.00000208. The average Bonchev–Trinajstić information content (AvgIpc) is 2.63. The van der Waals surface area contributed by atoms with E-state index >= 15 is 0 Å². The van der Waals surface area contributed by atoms with Crippen LogP contribution in [0.3, 0.4) is 0 Å². The van der Waals surface area contributed by atoms with Crippen LogP contribution in [-0.2, 0) is 30.9 Å². The molecule has 0 N–H and O–H groups in total. The predicted molar refractivity (Wildman–Crippen MR) is 102 cm³/mol. The second-order valence-corrected chi connectivity index (χ2v) is 14.3. The fourth-order valence-electron chi connectivity index (χ4n) is 4.29. The largest absolute Gasteiger partial charge is 0.305 e. The maximum Gasteiger partial charge on any atom is 0.0767 e. The molecule has 0 unspecified atom stereocenters. The first-order valence-corrected chi connectivity index (χ1v) is 12.0. The number of fused-ring (bicyclic) bond motifs is 1. The van der Waals surface area contributed by atoms with E-state index in [4.69, 9.17) is 4.98 Å². The van der Waals surface area contributed by atoms with E-state index in [0.29, 0.717) is 0 Å². The molecule has 0 atom stereocenters. The van der Waals surface area contributed by atoms with Gasteiger partial charge < -0.3 is 4.98 Å². The van der Waals surface area contributed by atoms with E-state index in [0.717, 1.165) is 5.69 Å². The molecule has 0 saturated heterocycles. The minimum Gasteiger partial charge on any atom is -0.305 e. The van der Waals surface area contributed by atoms with Crippen molar-refractivity contribution in [1.82, 2.24) is 4.98 Å². The summed E-state index contributed by atoms with van der Waals surface area (Å²) in [4.78, 5) is 4.70. The molecule has 1 nitrogen and oxygen atoms in total. The third-order valence-corrected chi connectivity index (χ3v) is 7.21. The van der Waals surface area contributed by atoms with E-state index in [1.165, 1.54) is 28.3 Å². The van der Waals surface area contributed by atoms with E-state index in [1.54, 1.807) is 0 Å². The van der Waals surface area contributed by atoms with Crippen molar-refractivity contribution in [2.45, 2.75) is 64.6 Å². The fourth-order valence-corrected chi connectivity index (χ4v) is 5.43. The molecule has 0 bridgehead atoms. The summed E-state index contributed by atoms with van der Waals surface area (Å²) in [6.45, 7) is 16.6. The molecular weight excluding hydrogens is 487 g/mol. The average molecular weight is 515 g/mol. The van der Waals surface area contributed by atoms with Crippen LogP contribution in [0.25, 0.3) is 11.3 Å². The number of pyridine rings is 1. The molecule has 0 fully saturated rings. The van der Waals surface area contributed by atoms with Crippen LogP contribution >= 0.6 is 0 Å². The first kappa shape index (κ1) is 19.6. The zero-order valence-corrected chi connectivity index (χ0v) is 19.3. The molecule has 1 aromatic carbocycles. The second-order valence-electron chi connectivity index (χ2n) is 9.27. The maximum atomic E-state index is 4.70. The first-order chi connectivity index (χ1) is 10.5. The van der Waals surface area contributed by atoms with E-state index in [2.05, 4.69) is 77.7 Å². The summed E-state index contributed by atoms with van der Waals surface area (Å²) < 4.78 is 0. The molecule has 1 aliphatic rings. The molecule has 131 valence electrons. The zero-order chi connectivity index (χ0) is 17.0. The molecule has 1 radical (unpaired) electrons. The van der Waals surface area contributed by atoms with Gasteiger partial charge in [0.2, 0.25) is 0 Å². The van der Waals surface area contributed by atoms with Gasteiger partial charge in [0.1, 0.15) is 0 Å². The van der Waals surface area contributed by atoms with Gasteiger partial charge in [-0.25, -0.2) is 0 Å². The Morgan fingerprint density at radius 1 is 1.04 bits per heavy atom. The van der Waals surface area contributed by atoms with Crippen molar-refractivity contribution < 1.29 is 20.1 Å².